The second kappa shape index (κ2) is 127. The van der Waals surface area contributed by atoms with Gasteiger partial charge in [0.2, 0.25) is 0 Å². The van der Waals surface area contributed by atoms with Crippen LogP contribution in [0, 0.1) is 0 Å². The Morgan fingerprint density at radius 1 is 0.800 bits per heavy atom. The van der Waals surface area contributed by atoms with Gasteiger partial charge in [0.1, 0.15) is 0 Å². The van der Waals surface area contributed by atoms with Crippen LogP contribution >= 0.6 is 0 Å². The number of hydrogen-bond acceptors (Lipinski definition) is 2. The van der Waals surface area contributed by atoms with E-state index in [0.29, 0.717) is 0 Å². The molecule has 0 atom stereocenters. The number of rotatable bonds is 0. The van der Waals surface area contributed by atoms with E-state index in [4.69, 9.17) is 19.7 Å². The number of hydrogen-bond donors (Lipinski definition) is 0. The van der Waals surface area contributed by atoms with Crippen LogP contribution in [0.25, 0.3) is 0 Å². The quantitative estimate of drug-likeness (QED) is 0.501. The van der Waals surface area contributed by atoms with Crippen LogP contribution in [0.2, 0.25) is 0 Å². The van der Waals surface area contributed by atoms with Crippen molar-refractivity contribution in [3.63, 3.8) is 0 Å². The van der Waals surface area contributed by atoms with Gasteiger partial charge in [-0.3, -0.25) is 0 Å². The van der Waals surface area contributed by atoms with Crippen LogP contribution in [0.15, 0.2) is 0 Å². The molecule has 0 spiro atoms. The zero-order valence-electron chi connectivity index (χ0n) is 2.28. The summed E-state index contributed by atoms with van der Waals surface area (Å²) in [5.41, 5.74) is 0. The Kier molecular flexibility index (Phi) is 439. The third-order valence-electron chi connectivity index (χ3n) is 0. The first-order valence-corrected chi connectivity index (χ1v) is 0.309. The Morgan fingerprint density at radius 2 is 0.800 bits per heavy atom. The minimum atomic E-state index is 0. The predicted molar refractivity (Wildman–Crippen MR) is 2.22 cm³/mol. The van der Waals surface area contributed by atoms with Gasteiger partial charge in [-0.1, -0.05) is 0 Å². The first kappa shape index (κ1) is 17.2. The van der Waals surface area contributed by atoms with Crippen molar-refractivity contribution in [3.05, 3.63) is 0 Å². The first-order chi connectivity index (χ1) is 2.00. The van der Waals surface area contributed by atoms with Gasteiger partial charge < -0.3 is 19.7 Å². The molecule has 0 aromatic rings. The minimum Gasteiger partial charge on any atom is -0.682 e. The molecular weight excluding hydrogens is 271 g/mol. The predicted octanol–water partition coefficient (Wildman–Crippen LogP) is -1.54. The molecule has 28 valence electrons. The maximum Gasteiger partial charge on any atom is 2.00 e. The molecule has 0 N–H and O–H groups in total. The molecule has 0 bridgehead atoms. The third kappa shape index (κ3) is 68.0. The third-order valence-corrected chi connectivity index (χ3v) is 0. The molecule has 5 heteroatoms. The molecule has 0 aliphatic heterocycles. The van der Waals surface area contributed by atoms with E-state index in [-0.39, 0.29) is 27.7 Å². The second-order valence-corrected chi connectivity index (χ2v) is 0. The van der Waals surface area contributed by atoms with Gasteiger partial charge in [-0.2, -0.15) is 0 Å². The molecule has 0 saturated carbocycles. The topological polar surface area (TPSA) is 46.1 Å². The van der Waals surface area contributed by atoms with Gasteiger partial charge in [0, 0.05) is 0 Å². The van der Waals surface area contributed by atoms with Crippen molar-refractivity contribution in [2.24, 2.45) is 0 Å². The molecule has 0 aromatic heterocycles. The average molecular weight is 271 g/mol. The van der Waals surface area contributed by atoms with Crippen molar-refractivity contribution < 1.29 is 47.3 Å². The summed E-state index contributed by atoms with van der Waals surface area (Å²) in [6, 6.07) is 0. The van der Waals surface area contributed by atoms with Crippen molar-refractivity contribution in [2.45, 2.75) is 0 Å². The van der Waals surface area contributed by atoms with Gasteiger partial charge in [-0.25, -0.2) is 0 Å². The maximum atomic E-state index is 8.25. The fourth-order valence-corrected chi connectivity index (χ4v) is 0. The maximum absolute atomic E-state index is 8.25. The zero-order valence-corrected chi connectivity index (χ0v) is 7.78. The molecule has 0 rings (SSSR count). The van der Waals surface area contributed by atoms with Gasteiger partial charge >= 0.3 is 27.7 Å². The van der Waals surface area contributed by atoms with E-state index >= 15 is 0 Å². The fourth-order valence-electron chi connectivity index (χ4n) is 0. The van der Waals surface area contributed by atoms with Crippen LogP contribution in [0.4, 0.5) is 9.05 Å². The normalized spacial score (nSPS) is 2.40. The summed E-state index contributed by atoms with van der Waals surface area (Å²) in [6.45, 7) is 0. The van der Waals surface area contributed by atoms with Gasteiger partial charge in [0.25, 0.3) is 0 Å². The Hall–Kier alpha value is 0.715. The SMILES string of the molecule is [Hg+2].[O-]F.[O-]F. The Bertz CT molecular complexity index is 7.61. The summed E-state index contributed by atoms with van der Waals surface area (Å²) in [5.74, 6) is 0. The summed E-state index contributed by atoms with van der Waals surface area (Å²) in [5, 5.41) is 13.5. The molecule has 0 amide bonds. The molecule has 0 aliphatic carbocycles. The van der Waals surface area contributed by atoms with Gasteiger partial charge in [0.15, 0.2) is 0 Å². The van der Waals surface area contributed by atoms with E-state index in [2.05, 4.69) is 0 Å². The zero-order chi connectivity index (χ0) is 4.00. The summed E-state index contributed by atoms with van der Waals surface area (Å²) >= 11 is 0. The molecule has 5 heavy (non-hydrogen) atoms. The van der Waals surface area contributed by atoms with Crippen molar-refractivity contribution in [3.8, 4) is 0 Å². The van der Waals surface area contributed by atoms with Crippen LogP contribution in [-0.2, 0) is 27.7 Å². The minimum absolute atomic E-state index is 0. The molecular formula is F2HgO2. The van der Waals surface area contributed by atoms with Crippen molar-refractivity contribution in [1.29, 1.82) is 0 Å². The van der Waals surface area contributed by atoms with Crippen LogP contribution in [0.3, 0.4) is 0 Å². The van der Waals surface area contributed by atoms with Gasteiger partial charge in [0.05, 0.1) is 0 Å². The molecule has 0 unspecified atom stereocenters. The molecule has 2 nitrogen and oxygen atoms in total. The molecule has 0 radical (unpaired) electrons. The van der Waals surface area contributed by atoms with Crippen molar-refractivity contribution >= 4 is 0 Å². The van der Waals surface area contributed by atoms with Crippen LogP contribution < -0.4 is 10.6 Å². The monoisotopic (exact) mass is 272 g/mol. The largest absolute Gasteiger partial charge is 2.00 e. The summed E-state index contributed by atoms with van der Waals surface area (Å²) in [6.07, 6.45) is 0. The van der Waals surface area contributed by atoms with Gasteiger partial charge in [-0.15, -0.1) is 0 Å². The molecule has 0 heterocycles. The molecule has 0 aromatic carbocycles. The summed E-state index contributed by atoms with van der Waals surface area (Å²) in [4.78, 5) is 0. The fraction of sp³-hybridized carbons (Fsp3) is 0. The van der Waals surface area contributed by atoms with Crippen LogP contribution in [0.1, 0.15) is 0 Å². The number of halogens is 2. The van der Waals surface area contributed by atoms with Crippen LogP contribution in [0.5, 0.6) is 0 Å². The van der Waals surface area contributed by atoms with E-state index in [1.807, 2.05) is 0 Å². The molecule has 0 aliphatic rings. The van der Waals surface area contributed by atoms with E-state index in [0.717, 1.165) is 0 Å². The first-order valence-electron chi connectivity index (χ1n) is 0.309. The molecule has 0 fully saturated rings. The Morgan fingerprint density at radius 3 is 0.800 bits per heavy atom. The van der Waals surface area contributed by atoms with Crippen molar-refractivity contribution in [2.75, 3.05) is 0 Å². The molecule has 0 saturated heterocycles. The summed E-state index contributed by atoms with van der Waals surface area (Å²) < 4.78 is 16.5. The smallest absolute Gasteiger partial charge is 0.682 e. The van der Waals surface area contributed by atoms with E-state index < -0.39 is 0 Å². The Labute approximate surface area is 47.7 Å². The van der Waals surface area contributed by atoms with Gasteiger partial charge in [-0.05, 0) is 0 Å². The Balaban J connectivity index is -0.0000000133. The standard InChI is InChI=1S/2FO.Hg/c2*1-2;/q2*-1;+2. The average Bonchev–Trinajstić information content (AvgIpc) is 1.50. The second-order valence-electron chi connectivity index (χ2n) is 0. The van der Waals surface area contributed by atoms with E-state index in [1.54, 1.807) is 0 Å². The van der Waals surface area contributed by atoms with Crippen molar-refractivity contribution in [1.82, 2.24) is 0 Å². The van der Waals surface area contributed by atoms with E-state index in [9.17, 15) is 0 Å². The van der Waals surface area contributed by atoms with Crippen LogP contribution in [-0.4, -0.2) is 0 Å². The van der Waals surface area contributed by atoms with E-state index in [1.165, 1.54) is 0 Å². The summed E-state index contributed by atoms with van der Waals surface area (Å²) in [7, 11) is 0.